The molecule has 5 nitrogen and oxygen atoms in total. The molecule has 2 aromatic rings. The Hall–Kier alpha value is -1.62. The molecule has 0 spiro atoms. The molecule has 1 fully saturated rings. The van der Waals surface area contributed by atoms with Gasteiger partial charge in [-0.2, -0.15) is 0 Å². The summed E-state index contributed by atoms with van der Waals surface area (Å²) in [6.45, 7) is 2.03. The molecule has 2 heterocycles. The third-order valence-electron chi connectivity index (χ3n) is 3.14. The van der Waals surface area contributed by atoms with E-state index in [-0.39, 0.29) is 6.10 Å². The van der Waals surface area contributed by atoms with Crippen molar-refractivity contribution in [3.63, 3.8) is 0 Å². The van der Waals surface area contributed by atoms with Crippen LogP contribution >= 0.6 is 0 Å². The van der Waals surface area contributed by atoms with Gasteiger partial charge in [0.2, 0.25) is 0 Å². The van der Waals surface area contributed by atoms with Gasteiger partial charge in [-0.1, -0.05) is 5.21 Å². The minimum atomic E-state index is 0.280. The number of benzene rings is 1. The molecular weight excluding hydrogens is 216 g/mol. The Kier molecular flexibility index (Phi) is 2.68. The van der Waals surface area contributed by atoms with Crippen LogP contribution in [-0.2, 0) is 7.05 Å². The first-order valence-electron chi connectivity index (χ1n) is 6.00. The first-order valence-corrected chi connectivity index (χ1v) is 6.00. The fourth-order valence-electron chi connectivity index (χ4n) is 2.20. The van der Waals surface area contributed by atoms with Crippen molar-refractivity contribution in [2.24, 2.45) is 7.05 Å². The maximum absolute atomic E-state index is 5.96. The molecule has 90 valence electrons. The van der Waals surface area contributed by atoms with E-state index < -0.39 is 0 Å². The average molecular weight is 232 g/mol. The molecule has 1 aromatic carbocycles. The number of piperidine rings is 1. The van der Waals surface area contributed by atoms with Crippen LogP contribution in [-0.4, -0.2) is 34.2 Å². The standard InChI is InChI=1S/C12H16N4O/c1-16-12-7-9(4-5-11(12)14-15-16)17-10-3-2-6-13-8-10/h4-5,7,10,13H,2-3,6,8H2,1H3. The molecule has 17 heavy (non-hydrogen) atoms. The van der Waals surface area contributed by atoms with Gasteiger partial charge < -0.3 is 10.1 Å². The molecule has 1 unspecified atom stereocenters. The number of ether oxygens (including phenoxy) is 1. The molecule has 0 aliphatic carbocycles. The number of rotatable bonds is 2. The SMILES string of the molecule is Cn1nnc2ccc(OC3CCCNC3)cc21. The maximum Gasteiger partial charge on any atom is 0.122 e. The van der Waals surface area contributed by atoms with Gasteiger partial charge in [-0.3, -0.25) is 0 Å². The number of aryl methyl sites for hydroxylation is 1. The predicted molar refractivity (Wildman–Crippen MR) is 65.0 cm³/mol. The Labute approximate surface area is 99.8 Å². The van der Waals surface area contributed by atoms with Gasteiger partial charge in [-0.25, -0.2) is 4.68 Å². The van der Waals surface area contributed by atoms with Crippen molar-refractivity contribution in [1.29, 1.82) is 0 Å². The Morgan fingerprint density at radius 2 is 2.41 bits per heavy atom. The maximum atomic E-state index is 5.96. The molecule has 3 rings (SSSR count). The molecular formula is C12H16N4O. The van der Waals surface area contributed by atoms with Gasteiger partial charge in [-0.05, 0) is 31.5 Å². The zero-order valence-corrected chi connectivity index (χ0v) is 9.89. The highest BCUT2D eigenvalue weighted by molar-refractivity contribution is 5.75. The van der Waals surface area contributed by atoms with Crippen LogP contribution in [0, 0.1) is 0 Å². The van der Waals surface area contributed by atoms with E-state index in [9.17, 15) is 0 Å². The van der Waals surface area contributed by atoms with Crippen molar-refractivity contribution in [1.82, 2.24) is 20.3 Å². The summed E-state index contributed by atoms with van der Waals surface area (Å²) >= 11 is 0. The highest BCUT2D eigenvalue weighted by atomic mass is 16.5. The third-order valence-corrected chi connectivity index (χ3v) is 3.14. The molecule has 1 saturated heterocycles. The van der Waals surface area contributed by atoms with Crippen LogP contribution in [0.3, 0.4) is 0 Å². The molecule has 1 aromatic heterocycles. The molecule has 0 amide bonds. The summed E-state index contributed by atoms with van der Waals surface area (Å²) in [5.74, 6) is 0.900. The van der Waals surface area contributed by atoms with Crippen LogP contribution in [0.2, 0.25) is 0 Å². The highest BCUT2D eigenvalue weighted by Gasteiger charge is 2.14. The van der Waals surface area contributed by atoms with Crippen molar-refractivity contribution in [3.05, 3.63) is 18.2 Å². The monoisotopic (exact) mass is 232 g/mol. The number of nitrogens with one attached hydrogen (secondary N) is 1. The van der Waals surface area contributed by atoms with Crippen LogP contribution in [0.5, 0.6) is 5.75 Å². The number of hydrogen-bond acceptors (Lipinski definition) is 4. The van der Waals surface area contributed by atoms with E-state index in [1.165, 1.54) is 6.42 Å². The topological polar surface area (TPSA) is 52.0 Å². The molecule has 0 bridgehead atoms. The van der Waals surface area contributed by atoms with Crippen molar-refractivity contribution in [2.45, 2.75) is 18.9 Å². The fourth-order valence-corrected chi connectivity index (χ4v) is 2.20. The fraction of sp³-hybridized carbons (Fsp3) is 0.500. The van der Waals surface area contributed by atoms with Gasteiger partial charge in [0, 0.05) is 19.7 Å². The van der Waals surface area contributed by atoms with Gasteiger partial charge in [0.15, 0.2) is 0 Å². The van der Waals surface area contributed by atoms with E-state index in [0.717, 1.165) is 36.3 Å². The summed E-state index contributed by atoms with van der Waals surface area (Å²) in [7, 11) is 1.89. The lowest BCUT2D eigenvalue weighted by Gasteiger charge is -2.23. The average Bonchev–Trinajstić information content (AvgIpc) is 2.73. The molecule has 1 atom stereocenters. The molecule has 1 aliphatic rings. The second kappa shape index (κ2) is 4.33. The van der Waals surface area contributed by atoms with Gasteiger partial charge in [0.1, 0.15) is 17.4 Å². The van der Waals surface area contributed by atoms with Crippen LogP contribution in [0.4, 0.5) is 0 Å². The second-order valence-corrected chi connectivity index (χ2v) is 4.45. The van der Waals surface area contributed by atoms with E-state index >= 15 is 0 Å². The summed E-state index contributed by atoms with van der Waals surface area (Å²) in [6, 6.07) is 5.92. The van der Waals surface area contributed by atoms with E-state index in [0.29, 0.717) is 0 Å². The Morgan fingerprint density at radius 3 is 3.24 bits per heavy atom. The van der Waals surface area contributed by atoms with Crippen molar-refractivity contribution in [2.75, 3.05) is 13.1 Å². The van der Waals surface area contributed by atoms with Crippen LogP contribution in [0.25, 0.3) is 11.0 Å². The van der Waals surface area contributed by atoms with Crippen molar-refractivity contribution < 1.29 is 4.74 Å². The summed E-state index contributed by atoms with van der Waals surface area (Å²) in [5, 5.41) is 11.4. The van der Waals surface area contributed by atoms with Gasteiger partial charge >= 0.3 is 0 Å². The second-order valence-electron chi connectivity index (χ2n) is 4.45. The number of aromatic nitrogens is 3. The van der Waals surface area contributed by atoms with E-state index in [4.69, 9.17) is 4.74 Å². The van der Waals surface area contributed by atoms with Crippen LogP contribution < -0.4 is 10.1 Å². The van der Waals surface area contributed by atoms with Crippen molar-refractivity contribution in [3.8, 4) is 5.75 Å². The lowest BCUT2D eigenvalue weighted by molar-refractivity contribution is 0.167. The largest absolute Gasteiger partial charge is 0.489 e. The molecule has 0 radical (unpaired) electrons. The smallest absolute Gasteiger partial charge is 0.122 e. The summed E-state index contributed by atoms with van der Waals surface area (Å²) < 4.78 is 7.72. The van der Waals surface area contributed by atoms with E-state index in [1.54, 1.807) is 4.68 Å². The first kappa shape index (κ1) is 10.5. The Bertz CT molecular complexity index is 516. The van der Waals surface area contributed by atoms with E-state index in [1.807, 2.05) is 25.2 Å². The summed E-state index contributed by atoms with van der Waals surface area (Å²) in [6.07, 6.45) is 2.58. The molecule has 1 aliphatic heterocycles. The summed E-state index contributed by atoms with van der Waals surface area (Å²) in [5.41, 5.74) is 1.91. The Balaban J connectivity index is 1.82. The lowest BCUT2D eigenvalue weighted by atomic mass is 10.1. The quantitative estimate of drug-likeness (QED) is 0.842. The first-order chi connectivity index (χ1) is 8.33. The van der Waals surface area contributed by atoms with Crippen LogP contribution in [0.1, 0.15) is 12.8 Å². The summed E-state index contributed by atoms with van der Waals surface area (Å²) in [4.78, 5) is 0. The number of hydrogen-bond donors (Lipinski definition) is 1. The molecule has 5 heteroatoms. The van der Waals surface area contributed by atoms with Gasteiger partial charge in [-0.15, -0.1) is 5.10 Å². The number of nitrogens with zero attached hydrogens (tertiary/aromatic N) is 3. The Morgan fingerprint density at radius 1 is 1.47 bits per heavy atom. The minimum Gasteiger partial charge on any atom is -0.489 e. The third kappa shape index (κ3) is 2.10. The zero-order chi connectivity index (χ0) is 11.7. The minimum absolute atomic E-state index is 0.280. The van der Waals surface area contributed by atoms with E-state index in [2.05, 4.69) is 15.6 Å². The number of fused-ring (bicyclic) bond motifs is 1. The molecule has 0 saturated carbocycles. The van der Waals surface area contributed by atoms with Gasteiger partial charge in [0.05, 0.1) is 5.52 Å². The zero-order valence-electron chi connectivity index (χ0n) is 9.89. The normalized spacial score (nSPS) is 20.6. The molecule has 1 N–H and O–H groups in total. The van der Waals surface area contributed by atoms with Gasteiger partial charge in [0.25, 0.3) is 0 Å². The van der Waals surface area contributed by atoms with Crippen LogP contribution in [0.15, 0.2) is 18.2 Å². The highest BCUT2D eigenvalue weighted by Crippen LogP contribution is 2.20. The lowest BCUT2D eigenvalue weighted by Crippen LogP contribution is -2.37. The predicted octanol–water partition coefficient (Wildman–Crippen LogP) is 1.10. The van der Waals surface area contributed by atoms with Crippen molar-refractivity contribution >= 4 is 11.0 Å².